The van der Waals surface area contributed by atoms with Crippen LogP contribution in [0.3, 0.4) is 0 Å². The second-order valence-electron chi connectivity index (χ2n) is 8.62. The number of imidazole rings is 1. The number of hydrogen-bond acceptors (Lipinski definition) is 7. The zero-order valence-corrected chi connectivity index (χ0v) is 20.0. The Labute approximate surface area is 205 Å². The molecule has 0 spiro atoms. The van der Waals surface area contributed by atoms with Gasteiger partial charge in [0, 0.05) is 32.7 Å². The number of methoxy groups -OCH3 is 1. The van der Waals surface area contributed by atoms with E-state index in [1.807, 2.05) is 36.5 Å². The van der Waals surface area contributed by atoms with Gasteiger partial charge in [0.25, 0.3) is 0 Å². The van der Waals surface area contributed by atoms with Gasteiger partial charge in [0.15, 0.2) is 0 Å². The number of morpholine rings is 1. The number of rotatable bonds is 10. The van der Waals surface area contributed by atoms with Gasteiger partial charge in [-0.15, -0.1) is 0 Å². The number of aromatic nitrogens is 3. The van der Waals surface area contributed by atoms with E-state index in [4.69, 9.17) is 19.2 Å². The normalized spacial score (nSPS) is 14.2. The molecule has 0 bridgehead atoms. The van der Waals surface area contributed by atoms with Crippen LogP contribution in [0.25, 0.3) is 11.0 Å². The maximum atomic E-state index is 5.96. The summed E-state index contributed by atoms with van der Waals surface area (Å²) >= 11 is 0. The van der Waals surface area contributed by atoms with Gasteiger partial charge in [-0.05, 0) is 47.5 Å². The van der Waals surface area contributed by atoms with Gasteiger partial charge >= 0.3 is 0 Å². The molecule has 0 unspecified atom stereocenters. The Balaban J connectivity index is 1.30. The van der Waals surface area contributed by atoms with Crippen molar-refractivity contribution in [1.29, 1.82) is 0 Å². The number of anilines is 1. The lowest BCUT2D eigenvalue weighted by atomic mass is 10.1. The van der Waals surface area contributed by atoms with E-state index in [-0.39, 0.29) is 0 Å². The molecule has 0 atom stereocenters. The van der Waals surface area contributed by atoms with Gasteiger partial charge in [-0.2, -0.15) is 0 Å². The first-order valence-electron chi connectivity index (χ1n) is 12.0. The molecule has 35 heavy (non-hydrogen) atoms. The number of nitrogens with zero attached hydrogens (tertiary/aromatic N) is 4. The number of ether oxygens (including phenoxy) is 3. The van der Waals surface area contributed by atoms with Gasteiger partial charge in [0.05, 0.1) is 43.9 Å². The molecule has 4 aromatic rings. The molecule has 1 N–H and O–H groups in total. The summed E-state index contributed by atoms with van der Waals surface area (Å²) in [5.41, 5.74) is 4.32. The van der Waals surface area contributed by atoms with Crippen LogP contribution in [-0.2, 0) is 17.8 Å². The third-order valence-corrected chi connectivity index (χ3v) is 6.19. The number of hydrogen-bond donors (Lipinski definition) is 1. The van der Waals surface area contributed by atoms with E-state index in [1.165, 1.54) is 5.56 Å². The van der Waals surface area contributed by atoms with Gasteiger partial charge in [-0.25, -0.2) is 9.97 Å². The van der Waals surface area contributed by atoms with Crippen LogP contribution in [-0.4, -0.2) is 66.4 Å². The van der Waals surface area contributed by atoms with Crippen molar-refractivity contribution in [2.45, 2.75) is 13.1 Å². The quantitative estimate of drug-likeness (QED) is 0.375. The van der Waals surface area contributed by atoms with Crippen LogP contribution in [0.2, 0.25) is 0 Å². The van der Waals surface area contributed by atoms with Gasteiger partial charge < -0.3 is 24.1 Å². The number of H-pyrrole nitrogens is 1. The average molecular weight is 474 g/mol. The fourth-order valence-corrected chi connectivity index (χ4v) is 4.27. The van der Waals surface area contributed by atoms with Crippen LogP contribution < -0.4 is 14.4 Å². The number of fused-ring (bicyclic) bond motifs is 1. The summed E-state index contributed by atoms with van der Waals surface area (Å²) < 4.78 is 16.8. The highest BCUT2D eigenvalue weighted by Gasteiger charge is 2.13. The Kier molecular flexibility index (Phi) is 7.41. The fourth-order valence-electron chi connectivity index (χ4n) is 4.27. The molecule has 8 nitrogen and oxygen atoms in total. The number of benzene rings is 2. The molecular weight excluding hydrogens is 442 g/mol. The molecular formula is C27H31N5O3. The SMILES string of the molecule is COc1cccc(CN(Cc2ccc3nc[nH]c3c2)c2ccc(OCCN3CCOCC3)cn2)c1. The molecule has 1 fully saturated rings. The predicted molar refractivity (Wildman–Crippen MR) is 136 cm³/mol. The van der Waals surface area contributed by atoms with E-state index in [0.717, 1.165) is 66.8 Å². The zero-order valence-electron chi connectivity index (χ0n) is 20.0. The standard InChI is InChI=1S/C27H31N5O3/c1-33-23-4-2-3-21(15-23)18-32(19-22-5-7-25-26(16-22)30-20-29-25)27-8-6-24(17-28-27)35-14-11-31-9-12-34-13-10-31/h2-8,15-17,20H,9-14,18-19H2,1H3,(H,29,30). The monoisotopic (exact) mass is 473 g/mol. The lowest BCUT2D eigenvalue weighted by molar-refractivity contribution is 0.0322. The molecule has 1 aliphatic rings. The summed E-state index contributed by atoms with van der Waals surface area (Å²) in [6.45, 7) is 6.45. The van der Waals surface area contributed by atoms with Crippen molar-refractivity contribution in [2.24, 2.45) is 0 Å². The Morgan fingerprint density at radius 2 is 1.83 bits per heavy atom. The maximum Gasteiger partial charge on any atom is 0.137 e. The van der Waals surface area contributed by atoms with Crippen molar-refractivity contribution in [3.8, 4) is 11.5 Å². The molecule has 8 heteroatoms. The van der Waals surface area contributed by atoms with E-state index >= 15 is 0 Å². The van der Waals surface area contributed by atoms with E-state index in [9.17, 15) is 0 Å². The maximum absolute atomic E-state index is 5.96. The summed E-state index contributed by atoms with van der Waals surface area (Å²) in [6, 6.07) is 18.5. The summed E-state index contributed by atoms with van der Waals surface area (Å²) in [5, 5.41) is 0. The molecule has 3 heterocycles. The van der Waals surface area contributed by atoms with Gasteiger partial charge in [0.1, 0.15) is 23.9 Å². The van der Waals surface area contributed by atoms with Crippen molar-refractivity contribution in [1.82, 2.24) is 19.9 Å². The van der Waals surface area contributed by atoms with E-state index in [2.05, 4.69) is 44.0 Å². The first-order chi connectivity index (χ1) is 17.3. The van der Waals surface area contributed by atoms with E-state index in [0.29, 0.717) is 19.7 Å². The van der Waals surface area contributed by atoms with Crippen molar-refractivity contribution in [3.63, 3.8) is 0 Å². The fraction of sp³-hybridized carbons (Fsp3) is 0.333. The molecule has 0 saturated carbocycles. The van der Waals surface area contributed by atoms with Crippen molar-refractivity contribution >= 4 is 16.9 Å². The van der Waals surface area contributed by atoms with Crippen LogP contribution in [0.5, 0.6) is 11.5 Å². The van der Waals surface area contributed by atoms with Crippen molar-refractivity contribution in [2.75, 3.05) is 51.5 Å². The summed E-state index contributed by atoms with van der Waals surface area (Å²) in [4.78, 5) is 16.9. The molecule has 2 aromatic heterocycles. The molecule has 2 aromatic carbocycles. The van der Waals surface area contributed by atoms with Gasteiger partial charge in [0.2, 0.25) is 0 Å². The van der Waals surface area contributed by atoms with Crippen molar-refractivity contribution < 1.29 is 14.2 Å². The first-order valence-corrected chi connectivity index (χ1v) is 12.0. The van der Waals surface area contributed by atoms with Crippen LogP contribution in [0.4, 0.5) is 5.82 Å². The molecule has 1 saturated heterocycles. The largest absolute Gasteiger partial charge is 0.497 e. The zero-order chi connectivity index (χ0) is 23.9. The molecule has 0 amide bonds. The van der Waals surface area contributed by atoms with Crippen molar-refractivity contribution in [3.05, 3.63) is 78.2 Å². The van der Waals surface area contributed by atoms with Crippen LogP contribution in [0, 0.1) is 0 Å². The Hall–Kier alpha value is -3.62. The first kappa shape index (κ1) is 23.1. The Bertz CT molecular complexity index is 1220. The molecule has 0 radical (unpaired) electrons. The van der Waals surface area contributed by atoms with E-state index < -0.39 is 0 Å². The minimum absolute atomic E-state index is 0.638. The summed E-state index contributed by atoms with van der Waals surface area (Å²) in [6.07, 6.45) is 3.53. The number of nitrogens with one attached hydrogen (secondary N) is 1. The van der Waals surface area contributed by atoms with Crippen LogP contribution >= 0.6 is 0 Å². The van der Waals surface area contributed by atoms with Gasteiger partial charge in [-0.1, -0.05) is 18.2 Å². The predicted octanol–water partition coefficient (Wildman–Crippen LogP) is 3.88. The third-order valence-electron chi connectivity index (χ3n) is 6.19. The lowest BCUT2D eigenvalue weighted by Crippen LogP contribution is -2.38. The number of aromatic amines is 1. The van der Waals surface area contributed by atoms with Crippen LogP contribution in [0.1, 0.15) is 11.1 Å². The number of pyridine rings is 1. The molecule has 182 valence electrons. The topological polar surface area (TPSA) is 75.7 Å². The average Bonchev–Trinajstić information content (AvgIpc) is 3.38. The third kappa shape index (κ3) is 6.09. The second kappa shape index (κ2) is 11.2. The van der Waals surface area contributed by atoms with E-state index in [1.54, 1.807) is 13.4 Å². The highest BCUT2D eigenvalue weighted by Crippen LogP contribution is 2.23. The summed E-state index contributed by atoms with van der Waals surface area (Å²) in [5.74, 6) is 2.51. The summed E-state index contributed by atoms with van der Waals surface area (Å²) in [7, 11) is 1.69. The second-order valence-corrected chi connectivity index (χ2v) is 8.62. The smallest absolute Gasteiger partial charge is 0.137 e. The Morgan fingerprint density at radius 1 is 0.971 bits per heavy atom. The van der Waals surface area contributed by atoms with Gasteiger partial charge in [-0.3, -0.25) is 4.90 Å². The Morgan fingerprint density at radius 3 is 2.63 bits per heavy atom. The molecule has 5 rings (SSSR count). The minimum atomic E-state index is 0.638. The minimum Gasteiger partial charge on any atom is -0.497 e. The highest BCUT2D eigenvalue weighted by molar-refractivity contribution is 5.75. The lowest BCUT2D eigenvalue weighted by Gasteiger charge is -2.26. The molecule has 0 aliphatic carbocycles. The van der Waals surface area contributed by atoms with Crippen LogP contribution in [0.15, 0.2) is 67.1 Å². The molecule has 1 aliphatic heterocycles. The highest BCUT2D eigenvalue weighted by atomic mass is 16.5.